The molecule has 0 aliphatic carbocycles. The van der Waals surface area contributed by atoms with E-state index in [9.17, 15) is 4.79 Å². The topological polar surface area (TPSA) is 89.1 Å². The molecular formula is C15H14N4O3. The molecule has 0 bridgehead atoms. The Morgan fingerprint density at radius 1 is 1.09 bits per heavy atom. The summed E-state index contributed by atoms with van der Waals surface area (Å²) in [5, 5.41) is 13.4. The van der Waals surface area contributed by atoms with Gasteiger partial charge >= 0.3 is 0 Å². The third-order valence-electron chi connectivity index (χ3n) is 3.24. The minimum absolute atomic E-state index is 0.267. The maximum atomic E-state index is 12.4. The first-order chi connectivity index (χ1) is 10.7. The summed E-state index contributed by atoms with van der Waals surface area (Å²) in [5.74, 6) is 0.795. The number of rotatable bonds is 4. The largest absolute Gasteiger partial charge is 0.493 e. The Kier molecular flexibility index (Phi) is 3.61. The van der Waals surface area contributed by atoms with E-state index in [0.717, 1.165) is 0 Å². The Bertz CT molecular complexity index is 829. The van der Waals surface area contributed by atoms with Crippen molar-refractivity contribution in [3.8, 4) is 11.5 Å². The molecule has 1 aromatic heterocycles. The minimum atomic E-state index is -0.267. The van der Waals surface area contributed by atoms with E-state index in [2.05, 4.69) is 20.7 Å². The van der Waals surface area contributed by atoms with E-state index in [1.807, 2.05) is 6.07 Å². The zero-order valence-corrected chi connectivity index (χ0v) is 12.1. The van der Waals surface area contributed by atoms with E-state index in [0.29, 0.717) is 33.8 Å². The van der Waals surface area contributed by atoms with Crippen molar-refractivity contribution in [3.05, 3.63) is 42.0 Å². The van der Waals surface area contributed by atoms with E-state index in [1.54, 1.807) is 37.4 Å². The third-order valence-corrected chi connectivity index (χ3v) is 3.24. The van der Waals surface area contributed by atoms with Gasteiger partial charge in [-0.15, -0.1) is 0 Å². The first kappa shape index (κ1) is 13.9. The van der Waals surface area contributed by atoms with Gasteiger partial charge in [0.1, 0.15) is 11.0 Å². The van der Waals surface area contributed by atoms with Gasteiger partial charge in [-0.2, -0.15) is 15.4 Å². The first-order valence-electron chi connectivity index (χ1n) is 6.56. The summed E-state index contributed by atoms with van der Waals surface area (Å²) in [6, 6.07) is 10.4. The molecule has 0 spiro atoms. The number of para-hydroxylation sites is 1. The molecule has 3 aromatic rings. The van der Waals surface area contributed by atoms with Crippen molar-refractivity contribution in [2.45, 2.75) is 0 Å². The molecule has 7 heteroatoms. The molecule has 1 heterocycles. The molecule has 1 amide bonds. The van der Waals surface area contributed by atoms with Gasteiger partial charge in [0.25, 0.3) is 5.91 Å². The molecule has 0 radical (unpaired) electrons. The van der Waals surface area contributed by atoms with Crippen LogP contribution >= 0.6 is 0 Å². The predicted molar refractivity (Wildman–Crippen MR) is 81.4 cm³/mol. The second-order valence-electron chi connectivity index (χ2n) is 4.52. The normalized spacial score (nSPS) is 10.5. The molecule has 7 nitrogen and oxygen atoms in total. The number of benzene rings is 2. The van der Waals surface area contributed by atoms with Gasteiger partial charge in [0, 0.05) is 5.56 Å². The van der Waals surface area contributed by atoms with Crippen molar-refractivity contribution < 1.29 is 14.3 Å². The third kappa shape index (κ3) is 2.44. The summed E-state index contributed by atoms with van der Waals surface area (Å²) in [6.45, 7) is 0. The number of carbonyl (C=O) groups excluding carboxylic acids is 1. The zero-order chi connectivity index (χ0) is 15.5. The molecule has 0 aliphatic rings. The summed E-state index contributed by atoms with van der Waals surface area (Å²) in [5.41, 5.74) is 2.34. The number of H-pyrrole nitrogens is 1. The van der Waals surface area contributed by atoms with E-state index in [-0.39, 0.29) is 5.91 Å². The van der Waals surface area contributed by atoms with Crippen molar-refractivity contribution in [2.75, 3.05) is 19.5 Å². The van der Waals surface area contributed by atoms with Crippen LogP contribution in [0.4, 0.5) is 5.69 Å². The fourth-order valence-electron chi connectivity index (χ4n) is 2.14. The van der Waals surface area contributed by atoms with Crippen molar-refractivity contribution in [1.82, 2.24) is 15.4 Å². The molecule has 0 saturated carbocycles. The fourth-order valence-corrected chi connectivity index (χ4v) is 2.14. The summed E-state index contributed by atoms with van der Waals surface area (Å²) in [7, 11) is 3.07. The number of hydrogen-bond donors (Lipinski definition) is 2. The van der Waals surface area contributed by atoms with Crippen molar-refractivity contribution in [3.63, 3.8) is 0 Å². The van der Waals surface area contributed by atoms with Crippen LogP contribution in [0.3, 0.4) is 0 Å². The number of aromatic nitrogens is 3. The van der Waals surface area contributed by atoms with Crippen LogP contribution in [0.15, 0.2) is 36.4 Å². The Labute approximate surface area is 126 Å². The van der Waals surface area contributed by atoms with Crippen LogP contribution in [0.5, 0.6) is 11.5 Å². The van der Waals surface area contributed by atoms with Crippen LogP contribution in [0, 0.1) is 0 Å². The number of methoxy groups -OCH3 is 2. The number of ether oxygens (including phenoxy) is 2. The van der Waals surface area contributed by atoms with E-state index in [1.165, 1.54) is 7.11 Å². The summed E-state index contributed by atoms with van der Waals surface area (Å²) in [6.07, 6.45) is 0. The van der Waals surface area contributed by atoms with Crippen LogP contribution in [-0.2, 0) is 0 Å². The number of amides is 1. The van der Waals surface area contributed by atoms with Crippen LogP contribution in [0.2, 0.25) is 0 Å². The molecular weight excluding hydrogens is 284 g/mol. The fraction of sp³-hybridized carbons (Fsp3) is 0.133. The van der Waals surface area contributed by atoms with Gasteiger partial charge in [0.05, 0.1) is 19.9 Å². The Hall–Kier alpha value is -3.09. The number of nitrogens with one attached hydrogen (secondary N) is 2. The number of hydrogen-bond acceptors (Lipinski definition) is 5. The van der Waals surface area contributed by atoms with Crippen molar-refractivity contribution in [2.24, 2.45) is 0 Å². The number of nitrogens with zero attached hydrogens (tertiary/aromatic N) is 2. The molecule has 0 saturated heterocycles. The number of aromatic amines is 1. The van der Waals surface area contributed by atoms with Gasteiger partial charge in [0.15, 0.2) is 11.5 Å². The Morgan fingerprint density at radius 3 is 2.68 bits per heavy atom. The lowest BCUT2D eigenvalue weighted by atomic mass is 10.1. The zero-order valence-electron chi connectivity index (χ0n) is 12.1. The van der Waals surface area contributed by atoms with Gasteiger partial charge in [-0.3, -0.25) is 4.79 Å². The SMILES string of the molecule is COc1ccc(C(=O)Nc2cccc3n[nH]nc23)cc1OC. The van der Waals surface area contributed by atoms with Gasteiger partial charge < -0.3 is 14.8 Å². The summed E-state index contributed by atoms with van der Waals surface area (Å²) >= 11 is 0. The highest BCUT2D eigenvalue weighted by Crippen LogP contribution is 2.28. The maximum Gasteiger partial charge on any atom is 0.255 e. The van der Waals surface area contributed by atoms with Crippen LogP contribution in [0.1, 0.15) is 10.4 Å². The van der Waals surface area contributed by atoms with E-state index < -0.39 is 0 Å². The number of fused-ring (bicyclic) bond motifs is 1. The average Bonchev–Trinajstić information content (AvgIpc) is 3.03. The number of anilines is 1. The van der Waals surface area contributed by atoms with Gasteiger partial charge in [-0.05, 0) is 30.3 Å². The van der Waals surface area contributed by atoms with Crippen molar-refractivity contribution >= 4 is 22.6 Å². The molecule has 22 heavy (non-hydrogen) atoms. The van der Waals surface area contributed by atoms with Crippen LogP contribution < -0.4 is 14.8 Å². The Balaban J connectivity index is 1.90. The van der Waals surface area contributed by atoms with E-state index in [4.69, 9.17) is 9.47 Å². The lowest BCUT2D eigenvalue weighted by molar-refractivity contribution is 0.102. The van der Waals surface area contributed by atoms with Crippen LogP contribution in [-0.4, -0.2) is 35.5 Å². The minimum Gasteiger partial charge on any atom is -0.493 e. The average molecular weight is 298 g/mol. The molecule has 2 N–H and O–H groups in total. The van der Waals surface area contributed by atoms with Gasteiger partial charge in [0.2, 0.25) is 0 Å². The van der Waals surface area contributed by atoms with E-state index >= 15 is 0 Å². The smallest absolute Gasteiger partial charge is 0.255 e. The first-order valence-corrected chi connectivity index (χ1v) is 6.56. The van der Waals surface area contributed by atoms with Gasteiger partial charge in [-0.1, -0.05) is 6.07 Å². The quantitative estimate of drug-likeness (QED) is 0.771. The second kappa shape index (κ2) is 5.72. The lowest BCUT2D eigenvalue weighted by Crippen LogP contribution is -2.12. The molecule has 112 valence electrons. The molecule has 0 atom stereocenters. The molecule has 0 aliphatic heterocycles. The van der Waals surface area contributed by atoms with Gasteiger partial charge in [-0.25, -0.2) is 0 Å². The highest BCUT2D eigenvalue weighted by atomic mass is 16.5. The number of carbonyl (C=O) groups is 1. The van der Waals surface area contributed by atoms with Crippen molar-refractivity contribution in [1.29, 1.82) is 0 Å². The Morgan fingerprint density at radius 2 is 1.91 bits per heavy atom. The summed E-state index contributed by atoms with van der Waals surface area (Å²) < 4.78 is 10.4. The standard InChI is InChI=1S/C15H14N4O3/c1-21-12-7-6-9(8-13(12)22-2)15(20)16-10-4-3-5-11-14(10)18-19-17-11/h3-8H,1-2H3,(H,16,20)(H,17,18,19). The maximum absolute atomic E-state index is 12.4. The molecule has 0 unspecified atom stereocenters. The lowest BCUT2D eigenvalue weighted by Gasteiger charge is -2.10. The van der Waals surface area contributed by atoms with Crippen LogP contribution in [0.25, 0.3) is 11.0 Å². The molecule has 3 rings (SSSR count). The predicted octanol–water partition coefficient (Wildman–Crippen LogP) is 2.23. The molecule has 2 aromatic carbocycles. The second-order valence-corrected chi connectivity index (χ2v) is 4.52. The monoisotopic (exact) mass is 298 g/mol. The summed E-state index contributed by atoms with van der Waals surface area (Å²) in [4.78, 5) is 12.4. The molecule has 0 fully saturated rings. The highest BCUT2D eigenvalue weighted by molar-refractivity contribution is 6.08. The highest BCUT2D eigenvalue weighted by Gasteiger charge is 2.13.